The van der Waals surface area contributed by atoms with E-state index in [0.717, 1.165) is 0 Å². The molecule has 0 saturated carbocycles. The Hall–Kier alpha value is 0.0469. The number of alkyl halides is 6. The smallest absolute Gasteiger partial charge is 0.340 e. The zero-order valence-corrected chi connectivity index (χ0v) is 10.5. The van der Waals surface area contributed by atoms with Crippen molar-refractivity contribution in [2.24, 2.45) is 0 Å². The van der Waals surface area contributed by atoms with Crippen LogP contribution in [0.3, 0.4) is 0 Å². The summed E-state index contributed by atoms with van der Waals surface area (Å²) >= 11 is 5.39. The molecule has 0 N–H and O–H groups in total. The average Bonchev–Trinajstić information content (AvgIpc) is 2.15. The summed E-state index contributed by atoms with van der Waals surface area (Å²) in [6.07, 6.45) is -10.5. The van der Waals surface area contributed by atoms with Crippen LogP contribution in [-0.2, 0) is 4.74 Å². The lowest BCUT2D eigenvalue weighted by molar-refractivity contribution is -0.345. The molecule has 16 heavy (non-hydrogen) atoms. The molecule has 2 atom stereocenters. The van der Waals surface area contributed by atoms with E-state index in [1.807, 2.05) is 0 Å². The van der Waals surface area contributed by atoms with Crippen molar-refractivity contribution in [1.82, 2.24) is 0 Å². The third kappa shape index (κ3) is 4.14. The van der Waals surface area contributed by atoms with Crippen molar-refractivity contribution >= 4 is 19.9 Å². The standard InChI is InChI=1S/C7H11ClF6OSi/c1-2-4(3-16-8)15-5(9)6(10,11)7(12,13)14/h4-5H,2-3,16H2,1H3. The van der Waals surface area contributed by atoms with Gasteiger partial charge in [0.25, 0.3) is 6.36 Å². The Kier molecular flexibility index (Phi) is 6.13. The van der Waals surface area contributed by atoms with E-state index in [1.54, 1.807) is 0 Å². The van der Waals surface area contributed by atoms with Crippen LogP contribution in [0, 0.1) is 0 Å². The Labute approximate surface area is 95.6 Å². The summed E-state index contributed by atoms with van der Waals surface area (Å²) in [5.74, 6) is -5.49. The second-order valence-electron chi connectivity index (χ2n) is 3.08. The lowest BCUT2D eigenvalue weighted by Gasteiger charge is -2.26. The normalized spacial score (nSPS) is 18.0. The lowest BCUT2D eigenvalue weighted by Crippen LogP contribution is -2.47. The Morgan fingerprint density at radius 1 is 1.25 bits per heavy atom. The number of halogens is 7. The molecule has 0 radical (unpaired) electrons. The van der Waals surface area contributed by atoms with Gasteiger partial charge < -0.3 is 4.74 Å². The van der Waals surface area contributed by atoms with E-state index in [9.17, 15) is 26.3 Å². The molecule has 0 saturated heterocycles. The van der Waals surface area contributed by atoms with Crippen molar-refractivity contribution in [2.45, 2.75) is 43.9 Å². The van der Waals surface area contributed by atoms with Crippen LogP contribution in [0.4, 0.5) is 26.3 Å². The molecular weight excluding hydrogens is 278 g/mol. The van der Waals surface area contributed by atoms with Gasteiger partial charge in [0.15, 0.2) is 0 Å². The maximum atomic E-state index is 12.7. The van der Waals surface area contributed by atoms with E-state index in [-0.39, 0.29) is 12.5 Å². The minimum atomic E-state index is -5.96. The molecule has 0 amide bonds. The molecule has 0 rings (SSSR count). The van der Waals surface area contributed by atoms with Crippen LogP contribution in [0.5, 0.6) is 0 Å². The Morgan fingerprint density at radius 3 is 2.06 bits per heavy atom. The van der Waals surface area contributed by atoms with E-state index in [0.29, 0.717) is 0 Å². The summed E-state index contributed by atoms with van der Waals surface area (Å²) in [5.41, 5.74) is 0. The fourth-order valence-electron chi connectivity index (χ4n) is 0.873. The van der Waals surface area contributed by atoms with Crippen LogP contribution in [-0.4, -0.2) is 33.4 Å². The topological polar surface area (TPSA) is 9.23 Å². The second-order valence-corrected chi connectivity index (χ2v) is 5.17. The summed E-state index contributed by atoms with van der Waals surface area (Å²) < 4.78 is 76.8. The average molecular weight is 289 g/mol. The fourth-order valence-corrected chi connectivity index (χ4v) is 2.39. The van der Waals surface area contributed by atoms with Gasteiger partial charge in [-0.15, -0.1) is 0 Å². The van der Waals surface area contributed by atoms with Gasteiger partial charge in [-0.25, -0.2) is 4.39 Å². The van der Waals surface area contributed by atoms with Crippen molar-refractivity contribution in [1.29, 1.82) is 0 Å². The third-order valence-electron chi connectivity index (χ3n) is 1.86. The van der Waals surface area contributed by atoms with E-state index in [2.05, 4.69) is 4.74 Å². The molecule has 0 heterocycles. The van der Waals surface area contributed by atoms with Crippen molar-refractivity contribution in [3.05, 3.63) is 0 Å². The van der Waals surface area contributed by atoms with Crippen LogP contribution in [0.2, 0.25) is 6.04 Å². The molecule has 0 fully saturated rings. The molecule has 0 aromatic carbocycles. The molecule has 0 aromatic rings. The SMILES string of the molecule is CCC(C[SiH2]Cl)OC(F)C(F)(F)C(F)(F)F. The van der Waals surface area contributed by atoms with Crippen LogP contribution in [0.1, 0.15) is 13.3 Å². The fraction of sp³-hybridized carbons (Fsp3) is 1.00. The van der Waals surface area contributed by atoms with Crippen LogP contribution >= 0.6 is 11.1 Å². The molecule has 0 aromatic heterocycles. The lowest BCUT2D eigenvalue weighted by atomic mass is 10.3. The molecule has 0 aliphatic heterocycles. The largest absolute Gasteiger partial charge is 0.459 e. The number of rotatable bonds is 6. The van der Waals surface area contributed by atoms with Gasteiger partial charge in [0.2, 0.25) is 0 Å². The quantitative estimate of drug-likeness (QED) is 0.415. The molecule has 98 valence electrons. The predicted molar refractivity (Wildman–Crippen MR) is 50.3 cm³/mol. The predicted octanol–water partition coefficient (Wildman–Crippen LogP) is 3.02. The molecule has 0 bridgehead atoms. The van der Waals surface area contributed by atoms with Crippen molar-refractivity contribution in [2.75, 3.05) is 0 Å². The molecule has 0 aliphatic carbocycles. The van der Waals surface area contributed by atoms with E-state index in [1.165, 1.54) is 6.92 Å². The second kappa shape index (κ2) is 6.11. The summed E-state index contributed by atoms with van der Waals surface area (Å²) in [7, 11) is -1.11. The van der Waals surface area contributed by atoms with E-state index < -0.39 is 33.4 Å². The van der Waals surface area contributed by atoms with Gasteiger partial charge >= 0.3 is 12.1 Å². The summed E-state index contributed by atoms with van der Waals surface area (Å²) in [6.45, 7) is 1.49. The van der Waals surface area contributed by atoms with Gasteiger partial charge in [-0.1, -0.05) is 6.92 Å². The number of hydrogen-bond donors (Lipinski definition) is 0. The zero-order chi connectivity index (χ0) is 13.0. The van der Waals surface area contributed by atoms with Crippen LogP contribution < -0.4 is 0 Å². The molecular formula is C7H11ClF6OSi. The highest BCUT2D eigenvalue weighted by molar-refractivity contribution is 6.93. The Balaban J connectivity index is 4.49. The van der Waals surface area contributed by atoms with Crippen LogP contribution in [0.15, 0.2) is 0 Å². The van der Waals surface area contributed by atoms with Gasteiger partial charge in [0.05, 0.1) is 6.10 Å². The first-order chi connectivity index (χ1) is 7.16. The first kappa shape index (κ1) is 16.0. The number of hydrogen-bond acceptors (Lipinski definition) is 1. The van der Waals surface area contributed by atoms with Crippen molar-refractivity contribution in [3.63, 3.8) is 0 Å². The Morgan fingerprint density at radius 2 is 1.75 bits per heavy atom. The van der Waals surface area contributed by atoms with E-state index in [4.69, 9.17) is 11.1 Å². The molecule has 9 heteroatoms. The van der Waals surface area contributed by atoms with Gasteiger partial charge in [-0.2, -0.15) is 33.0 Å². The molecule has 1 nitrogen and oxygen atoms in total. The van der Waals surface area contributed by atoms with E-state index >= 15 is 0 Å². The third-order valence-corrected chi connectivity index (χ3v) is 3.38. The van der Waals surface area contributed by atoms with Gasteiger partial charge in [-0.3, -0.25) is 0 Å². The van der Waals surface area contributed by atoms with Gasteiger partial charge in [0.1, 0.15) is 8.83 Å². The Bertz CT molecular complexity index is 212. The maximum absolute atomic E-state index is 12.7. The van der Waals surface area contributed by atoms with Gasteiger partial charge in [0, 0.05) is 0 Å². The molecule has 0 spiro atoms. The monoisotopic (exact) mass is 288 g/mol. The van der Waals surface area contributed by atoms with Crippen molar-refractivity contribution < 1.29 is 31.1 Å². The van der Waals surface area contributed by atoms with Crippen molar-refractivity contribution in [3.8, 4) is 0 Å². The molecule has 0 aliphatic rings. The number of ether oxygens (including phenoxy) is 1. The minimum absolute atomic E-state index is 0.133. The summed E-state index contributed by atoms with van der Waals surface area (Å²) in [6, 6.07) is 0.145. The highest BCUT2D eigenvalue weighted by Gasteiger charge is 2.64. The summed E-state index contributed by atoms with van der Waals surface area (Å²) in [5, 5.41) is 0. The van der Waals surface area contributed by atoms with Crippen LogP contribution in [0.25, 0.3) is 0 Å². The maximum Gasteiger partial charge on any atom is 0.459 e. The molecule has 2 unspecified atom stereocenters. The first-order valence-electron chi connectivity index (χ1n) is 4.46. The van der Waals surface area contributed by atoms with Gasteiger partial charge in [-0.05, 0) is 12.5 Å². The highest BCUT2D eigenvalue weighted by Crippen LogP contribution is 2.40. The highest BCUT2D eigenvalue weighted by atomic mass is 35.6. The zero-order valence-electron chi connectivity index (χ0n) is 8.33. The summed E-state index contributed by atoms with van der Waals surface area (Å²) in [4.78, 5) is 0. The first-order valence-corrected chi connectivity index (χ1v) is 7.60. The minimum Gasteiger partial charge on any atom is -0.340 e.